The van der Waals surface area contributed by atoms with Crippen molar-refractivity contribution in [2.75, 3.05) is 20.7 Å². The van der Waals surface area contributed by atoms with E-state index in [-0.39, 0.29) is 5.97 Å². The molecule has 2 aromatic rings. The number of rotatable bonds is 5. The van der Waals surface area contributed by atoms with Gasteiger partial charge in [-0.3, -0.25) is 9.69 Å². The number of carbonyl (C=O) groups is 1. The molecule has 0 unspecified atom stereocenters. The van der Waals surface area contributed by atoms with Crippen LogP contribution in [0.4, 0.5) is 0 Å². The molecule has 0 atom stereocenters. The number of hydrogen-bond acceptors (Lipinski definition) is 3. The molecule has 0 aromatic heterocycles. The predicted molar refractivity (Wildman–Crippen MR) is 103 cm³/mol. The topological polar surface area (TPSA) is 29.5 Å². The Morgan fingerprint density at radius 2 is 1.92 bits per heavy atom. The molecule has 0 saturated heterocycles. The second-order valence-corrected chi connectivity index (χ2v) is 6.62. The molecular formula is C22H25NO2. The fourth-order valence-corrected chi connectivity index (χ4v) is 2.61. The Labute approximate surface area is 150 Å². The molecular weight excluding hydrogens is 310 g/mol. The van der Waals surface area contributed by atoms with Gasteiger partial charge in [0.25, 0.3) is 0 Å². The third-order valence-corrected chi connectivity index (χ3v) is 4.02. The van der Waals surface area contributed by atoms with E-state index < -0.39 is 5.41 Å². The van der Waals surface area contributed by atoms with Crippen LogP contribution in [0.3, 0.4) is 0 Å². The molecule has 0 amide bonds. The van der Waals surface area contributed by atoms with Gasteiger partial charge < -0.3 is 4.74 Å². The minimum atomic E-state index is -0.784. The van der Waals surface area contributed by atoms with Crippen LogP contribution >= 0.6 is 0 Å². The van der Waals surface area contributed by atoms with Crippen LogP contribution in [0.15, 0.2) is 54.6 Å². The summed E-state index contributed by atoms with van der Waals surface area (Å²) >= 11 is 0. The van der Waals surface area contributed by atoms with Crippen molar-refractivity contribution in [3.8, 4) is 11.8 Å². The summed E-state index contributed by atoms with van der Waals surface area (Å²) in [6, 6.07) is 14.8. The van der Waals surface area contributed by atoms with E-state index in [1.165, 1.54) is 23.4 Å². The lowest BCUT2D eigenvalue weighted by molar-refractivity contribution is -0.147. The lowest BCUT2D eigenvalue weighted by Gasteiger charge is -2.16. The molecule has 2 rings (SSSR count). The van der Waals surface area contributed by atoms with Gasteiger partial charge in [0.05, 0.1) is 7.11 Å². The van der Waals surface area contributed by atoms with Gasteiger partial charge >= 0.3 is 5.97 Å². The van der Waals surface area contributed by atoms with Crippen molar-refractivity contribution in [1.82, 2.24) is 4.90 Å². The van der Waals surface area contributed by atoms with Crippen molar-refractivity contribution >= 4 is 16.7 Å². The minimum Gasteiger partial charge on any atom is -0.468 e. The monoisotopic (exact) mass is 335 g/mol. The fraction of sp³-hybridized carbons (Fsp3) is 0.318. The molecule has 0 fully saturated rings. The maximum Gasteiger partial charge on any atom is 0.323 e. The predicted octanol–water partition coefficient (Wildman–Crippen LogP) is 4.03. The van der Waals surface area contributed by atoms with E-state index in [1.54, 1.807) is 19.9 Å². The van der Waals surface area contributed by atoms with Gasteiger partial charge in [0.1, 0.15) is 5.41 Å². The first kappa shape index (κ1) is 18.8. The molecule has 0 radical (unpaired) electrons. The quantitative estimate of drug-likeness (QED) is 0.610. The van der Waals surface area contributed by atoms with Gasteiger partial charge in [-0.2, -0.15) is 0 Å². The number of nitrogens with zero attached hydrogens (tertiary/aromatic N) is 1. The Bertz CT molecular complexity index is 819. The summed E-state index contributed by atoms with van der Waals surface area (Å²) in [6.07, 6.45) is 3.80. The average molecular weight is 335 g/mol. The number of carbonyl (C=O) groups excluding carboxylic acids is 1. The molecule has 0 aliphatic rings. The van der Waals surface area contributed by atoms with Gasteiger partial charge in [0.2, 0.25) is 0 Å². The van der Waals surface area contributed by atoms with Crippen molar-refractivity contribution in [2.45, 2.75) is 20.4 Å². The third-order valence-electron chi connectivity index (χ3n) is 4.02. The first-order valence-electron chi connectivity index (χ1n) is 8.35. The zero-order valence-electron chi connectivity index (χ0n) is 15.4. The Kier molecular flexibility index (Phi) is 6.38. The highest BCUT2D eigenvalue weighted by molar-refractivity contribution is 5.85. The van der Waals surface area contributed by atoms with Crippen LogP contribution in [0.5, 0.6) is 0 Å². The second kappa shape index (κ2) is 8.50. The summed E-state index contributed by atoms with van der Waals surface area (Å²) in [5, 5.41) is 2.56. The highest BCUT2D eigenvalue weighted by Gasteiger charge is 2.25. The van der Waals surface area contributed by atoms with Gasteiger partial charge in [-0.15, -0.1) is 0 Å². The van der Waals surface area contributed by atoms with Crippen molar-refractivity contribution in [3.63, 3.8) is 0 Å². The van der Waals surface area contributed by atoms with Crippen molar-refractivity contribution in [3.05, 3.63) is 60.2 Å². The Morgan fingerprint density at radius 1 is 1.20 bits per heavy atom. The molecule has 0 heterocycles. The molecule has 0 spiro atoms. The third kappa shape index (κ3) is 5.20. The van der Waals surface area contributed by atoms with Crippen LogP contribution in [-0.2, 0) is 16.1 Å². The van der Waals surface area contributed by atoms with E-state index in [0.717, 1.165) is 13.1 Å². The number of ether oxygens (including phenoxy) is 1. The number of fused-ring (bicyclic) bond motifs is 1. The highest BCUT2D eigenvalue weighted by Crippen LogP contribution is 2.19. The summed E-state index contributed by atoms with van der Waals surface area (Å²) in [6.45, 7) is 5.17. The summed E-state index contributed by atoms with van der Waals surface area (Å²) in [5.74, 6) is 5.54. The van der Waals surface area contributed by atoms with E-state index >= 15 is 0 Å². The molecule has 3 heteroatoms. The number of benzene rings is 2. The first-order chi connectivity index (χ1) is 11.9. The summed E-state index contributed by atoms with van der Waals surface area (Å²) in [4.78, 5) is 13.8. The fourth-order valence-electron chi connectivity index (χ4n) is 2.61. The largest absolute Gasteiger partial charge is 0.468 e. The average Bonchev–Trinajstić information content (AvgIpc) is 2.61. The van der Waals surface area contributed by atoms with Crippen molar-refractivity contribution in [2.24, 2.45) is 5.41 Å². The highest BCUT2D eigenvalue weighted by atomic mass is 16.5. The van der Waals surface area contributed by atoms with Crippen LogP contribution in [0.25, 0.3) is 10.8 Å². The molecule has 0 bridgehead atoms. The summed E-state index contributed by atoms with van der Waals surface area (Å²) in [7, 11) is 3.46. The van der Waals surface area contributed by atoms with E-state index in [2.05, 4.69) is 66.3 Å². The van der Waals surface area contributed by atoms with E-state index in [1.807, 2.05) is 6.08 Å². The lowest BCUT2D eigenvalue weighted by atomic mass is 9.95. The molecule has 0 saturated carbocycles. The Morgan fingerprint density at radius 3 is 2.68 bits per heavy atom. The van der Waals surface area contributed by atoms with Crippen molar-refractivity contribution in [1.29, 1.82) is 0 Å². The SMILES string of the molecule is COC(=O)C(C)(C)C#CC=CCN(C)Cc1cccc2ccccc12. The molecule has 0 N–H and O–H groups in total. The molecule has 0 aliphatic heterocycles. The Balaban J connectivity index is 1.95. The molecule has 25 heavy (non-hydrogen) atoms. The van der Waals surface area contributed by atoms with Crippen LogP contribution in [0.1, 0.15) is 19.4 Å². The normalized spacial score (nSPS) is 11.6. The van der Waals surface area contributed by atoms with Crippen LogP contribution in [-0.4, -0.2) is 31.6 Å². The van der Waals surface area contributed by atoms with Crippen LogP contribution < -0.4 is 0 Å². The molecule has 2 aromatic carbocycles. The lowest BCUT2D eigenvalue weighted by Crippen LogP contribution is -2.23. The first-order valence-corrected chi connectivity index (χ1v) is 8.35. The van der Waals surface area contributed by atoms with E-state index in [9.17, 15) is 4.79 Å². The number of esters is 1. The van der Waals surface area contributed by atoms with Gasteiger partial charge in [0.15, 0.2) is 0 Å². The summed E-state index contributed by atoms with van der Waals surface area (Å²) in [5.41, 5.74) is 0.528. The van der Waals surface area contributed by atoms with E-state index in [4.69, 9.17) is 4.74 Å². The minimum absolute atomic E-state index is 0.318. The van der Waals surface area contributed by atoms with Gasteiger partial charge in [-0.1, -0.05) is 60.4 Å². The zero-order valence-corrected chi connectivity index (χ0v) is 15.4. The number of hydrogen-bond donors (Lipinski definition) is 0. The maximum atomic E-state index is 11.6. The Hall–Kier alpha value is -2.57. The standard InChI is InChI=1S/C22H25NO2/c1-22(2,21(24)25-4)15-8-5-9-16-23(3)17-19-13-10-12-18-11-6-7-14-20(18)19/h5-7,9-14H,16-17H2,1-4H3. The van der Waals surface area contributed by atoms with Crippen molar-refractivity contribution < 1.29 is 9.53 Å². The van der Waals surface area contributed by atoms with E-state index in [0.29, 0.717) is 0 Å². The van der Waals surface area contributed by atoms with Crippen LogP contribution in [0.2, 0.25) is 0 Å². The molecule has 130 valence electrons. The second-order valence-electron chi connectivity index (χ2n) is 6.62. The van der Waals surface area contributed by atoms with Gasteiger partial charge in [-0.05, 0) is 43.3 Å². The molecule has 0 aliphatic carbocycles. The maximum absolute atomic E-state index is 11.6. The molecule has 3 nitrogen and oxygen atoms in total. The zero-order chi connectivity index (χ0) is 18.3. The number of methoxy groups -OCH3 is 1. The number of allylic oxidation sites excluding steroid dienone is 1. The van der Waals surface area contributed by atoms with Gasteiger partial charge in [-0.25, -0.2) is 0 Å². The number of likely N-dealkylation sites (N-methyl/N-ethyl adjacent to an activating group) is 1. The smallest absolute Gasteiger partial charge is 0.323 e. The van der Waals surface area contributed by atoms with Crippen LogP contribution in [0, 0.1) is 17.3 Å². The van der Waals surface area contributed by atoms with Gasteiger partial charge in [0, 0.05) is 13.1 Å². The summed E-state index contributed by atoms with van der Waals surface area (Å²) < 4.78 is 4.74.